The van der Waals surface area contributed by atoms with Gasteiger partial charge in [0.25, 0.3) is 5.91 Å². The number of carbonyl (C=O) groups excluding carboxylic acids is 3. The van der Waals surface area contributed by atoms with Crippen LogP contribution in [-0.4, -0.2) is 75.7 Å². The molecule has 5 rings (SSSR count). The van der Waals surface area contributed by atoms with E-state index in [4.69, 9.17) is 16.3 Å². The van der Waals surface area contributed by atoms with Crippen LogP contribution < -0.4 is 31.3 Å². The summed E-state index contributed by atoms with van der Waals surface area (Å²) in [5.41, 5.74) is 0.702. The summed E-state index contributed by atoms with van der Waals surface area (Å²) in [6.07, 6.45) is 1.99. The van der Waals surface area contributed by atoms with Crippen LogP contribution in [0.4, 0.5) is 30.8 Å². The van der Waals surface area contributed by atoms with E-state index in [2.05, 4.69) is 41.5 Å². The van der Waals surface area contributed by atoms with E-state index in [1.54, 1.807) is 12.1 Å². The lowest BCUT2D eigenvalue weighted by Crippen LogP contribution is -2.51. The van der Waals surface area contributed by atoms with Crippen LogP contribution >= 0.6 is 11.6 Å². The molecule has 0 radical (unpaired) electrons. The SMILES string of the molecule is O=C(NCC1CCCCC1)C(=O)NC[C@@H](NC(=O)c1ccc(Nc2nc(NC3(c4ccc(Cl)cc4)CC3)nc(OCC(F)(F)F)n2)cc1)C(=O)O. The van der Waals surface area contributed by atoms with Crippen LogP contribution in [-0.2, 0) is 19.9 Å². The molecule has 51 heavy (non-hydrogen) atoms. The zero-order chi connectivity index (χ0) is 36.6. The fourth-order valence-corrected chi connectivity index (χ4v) is 5.66. The molecular formula is C33H36ClF3N8O6. The molecule has 3 amide bonds. The standard InChI is InChI=1S/C33H36ClF3N8O6/c34-22-10-8-21(9-11-22)32(14-15-32)45-30-42-29(43-31(44-30)51-18-33(35,36)37)40-23-12-6-20(7-13-23)25(46)41-24(28(49)50)17-39-27(48)26(47)38-16-19-4-2-1-3-5-19/h6-13,19,24H,1-5,14-18H2,(H,38,47)(H,39,48)(H,41,46)(H,49,50)(H2,40,42,43,44,45)/t24-/m1/s1. The third kappa shape index (κ3) is 10.9. The highest BCUT2D eigenvalue weighted by Crippen LogP contribution is 2.48. The minimum Gasteiger partial charge on any atom is -0.480 e. The highest BCUT2D eigenvalue weighted by molar-refractivity contribution is 6.35. The van der Waals surface area contributed by atoms with Crippen molar-refractivity contribution in [1.82, 2.24) is 30.9 Å². The summed E-state index contributed by atoms with van der Waals surface area (Å²) in [6.45, 7) is -1.81. The van der Waals surface area contributed by atoms with Gasteiger partial charge in [-0.15, -0.1) is 0 Å². The van der Waals surface area contributed by atoms with E-state index >= 15 is 0 Å². The summed E-state index contributed by atoms with van der Waals surface area (Å²) in [4.78, 5) is 61.3. The molecule has 2 aliphatic carbocycles. The molecule has 18 heteroatoms. The molecule has 0 bridgehead atoms. The van der Waals surface area contributed by atoms with Gasteiger partial charge in [-0.1, -0.05) is 43.0 Å². The number of halogens is 4. The fraction of sp³-hybridized carbons (Fsp3) is 0.424. The molecule has 2 aromatic carbocycles. The van der Waals surface area contributed by atoms with Crippen LogP contribution in [0, 0.1) is 5.92 Å². The Bertz CT molecular complexity index is 1720. The minimum atomic E-state index is -4.64. The highest BCUT2D eigenvalue weighted by Gasteiger charge is 2.45. The summed E-state index contributed by atoms with van der Waals surface area (Å²) in [5.74, 6) is -4.01. The first-order chi connectivity index (χ1) is 24.3. The Morgan fingerprint density at radius 1 is 0.902 bits per heavy atom. The van der Waals surface area contributed by atoms with E-state index < -0.39 is 60.6 Å². The number of nitrogens with one attached hydrogen (secondary N) is 5. The number of hydrogen-bond acceptors (Lipinski definition) is 10. The first-order valence-electron chi connectivity index (χ1n) is 16.3. The van der Waals surface area contributed by atoms with Gasteiger partial charge in [-0.25, -0.2) is 4.79 Å². The molecule has 3 aromatic rings. The van der Waals surface area contributed by atoms with Crippen molar-refractivity contribution in [3.8, 4) is 6.01 Å². The van der Waals surface area contributed by atoms with E-state index in [0.717, 1.165) is 37.7 Å². The summed E-state index contributed by atoms with van der Waals surface area (Å²) in [5, 5.41) is 23.3. The first-order valence-corrected chi connectivity index (χ1v) is 16.6. The number of carboxylic acids is 1. The predicted molar refractivity (Wildman–Crippen MR) is 179 cm³/mol. The Kier molecular flexibility index (Phi) is 11.8. The van der Waals surface area contributed by atoms with Crippen LogP contribution in [0.15, 0.2) is 48.5 Å². The Morgan fingerprint density at radius 2 is 1.55 bits per heavy atom. The average Bonchev–Trinajstić information content (AvgIpc) is 3.88. The van der Waals surface area contributed by atoms with Crippen molar-refractivity contribution in [2.45, 2.75) is 62.7 Å². The molecule has 0 aliphatic heterocycles. The number of amides is 3. The molecular weight excluding hydrogens is 697 g/mol. The van der Waals surface area contributed by atoms with Gasteiger partial charge in [0.05, 0.1) is 5.54 Å². The van der Waals surface area contributed by atoms with Gasteiger partial charge in [0.2, 0.25) is 11.9 Å². The number of nitrogens with zero attached hydrogens (tertiary/aromatic N) is 3. The second-order valence-electron chi connectivity index (χ2n) is 12.4. The van der Waals surface area contributed by atoms with Crippen LogP contribution in [0.2, 0.25) is 5.02 Å². The Balaban J connectivity index is 1.20. The van der Waals surface area contributed by atoms with Crippen molar-refractivity contribution >= 4 is 52.9 Å². The minimum absolute atomic E-state index is 0.0402. The molecule has 0 spiro atoms. The number of carboxylic acid groups (broad SMARTS) is 1. The number of aromatic nitrogens is 3. The maximum absolute atomic E-state index is 12.9. The van der Waals surface area contributed by atoms with E-state index in [1.807, 2.05) is 12.1 Å². The van der Waals surface area contributed by atoms with E-state index in [9.17, 15) is 37.5 Å². The molecule has 0 saturated heterocycles. The molecule has 272 valence electrons. The Morgan fingerprint density at radius 3 is 2.18 bits per heavy atom. The molecule has 2 aliphatic rings. The van der Waals surface area contributed by atoms with Gasteiger partial charge in [-0.3, -0.25) is 14.4 Å². The third-order valence-electron chi connectivity index (χ3n) is 8.43. The quantitative estimate of drug-likeness (QED) is 0.129. The summed E-state index contributed by atoms with van der Waals surface area (Å²) >= 11 is 6.01. The van der Waals surface area contributed by atoms with Crippen molar-refractivity contribution in [2.75, 3.05) is 30.3 Å². The molecule has 2 saturated carbocycles. The van der Waals surface area contributed by atoms with Crippen LogP contribution in [0.3, 0.4) is 0 Å². The summed E-state index contributed by atoms with van der Waals surface area (Å²) < 4.78 is 43.5. The lowest BCUT2D eigenvalue weighted by Gasteiger charge is -2.21. The van der Waals surface area contributed by atoms with Crippen molar-refractivity contribution in [1.29, 1.82) is 0 Å². The van der Waals surface area contributed by atoms with E-state index in [1.165, 1.54) is 24.3 Å². The zero-order valence-electron chi connectivity index (χ0n) is 27.2. The number of rotatable bonds is 14. The van der Waals surface area contributed by atoms with Crippen LogP contribution in [0.25, 0.3) is 0 Å². The van der Waals surface area contributed by atoms with Crippen LogP contribution in [0.1, 0.15) is 60.9 Å². The Hall–Kier alpha value is -5.19. The molecule has 14 nitrogen and oxygen atoms in total. The molecule has 6 N–H and O–H groups in total. The van der Waals surface area contributed by atoms with E-state index in [0.29, 0.717) is 36.0 Å². The predicted octanol–water partition coefficient (Wildman–Crippen LogP) is 4.31. The number of alkyl halides is 3. The largest absolute Gasteiger partial charge is 0.480 e. The zero-order valence-corrected chi connectivity index (χ0v) is 27.9. The van der Waals surface area contributed by atoms with Gasteiger partial charge in [0.1, 0.15) is 6.04 Å². The topological polar surface area (TPSA) is 197 Å². The number of aliphatic carboxylic acids is 1. The first kappa shape index (κ1) is 37.1. The third-order valence-corrected chi connectivity index (χ3v) is 8.69. The second kappa shape index (κ2) is 16.2. The number of hydrogen-bond donors (Lipinski definition) is 6. The van der Waals surface area contributed by atoms with Crippen molar-refractivity contribution in [3.63, 3.8) is 0 Å². The highest BCUT2D eigenvalue weighted by atomic mass is 35.5. The molecule has 0 unspecified atom stereocenters. The van der Waals surface area contributed by atoms with Crippen molar-refractivity contribution in [3.05, 3.63) is 64.7 Å². The van der Waals surface area contributed by atoms with Gasteiger partial charge in [0.15, 0.2) is 6.61 Å². The summed E-state index contributed by atoms with van der Waals surface area (Å²) in [7, 11) is 0. The van der Waals surface area contributed by atoms with Gasteiger partial charge in [0, 0.05) is 29.4 Å². The van der Waals surface area contributed by atoms with Gasteiger partial charge in [-0.05, 0) is 73.6 Å². The lowest BCUT2D eigenvalue weighted by atomic mass is 9.89. The number of carbonyl (C=O) groups is 4. The van der Waals surface area contributed by atoms with Crippen molar-refractivity contribution in [2.24, 2.45) is 5.92 Å². The van der Waals surface area contributed by atoms with Crippen LogP contribution in [0.5, 0.6) is 6.01 Å². The molecule has 2 fully saturated rings. The second-order valence-corrected chi connectivity index (χ2v) is 12.8. The van der Waals surface area contributed by atoms with Gasteiger partial charge in [-0.2, -0.15) is 28.1 Å². The summed E-state index contributed by atoms with van der Waals surface area (Å²) in [6, 6.07) is 10.6. The normalized spacial score (nSPS) is 15.9. The van der Waals surface area contributed by atoms with Gasteiger partial charge >= 0.3 is 30.0 Å². The molecule has 1 aromatic heterocycles. The number of benzene rings is 2. The molecule has 1 heterocycles. The lowest BCUT2D eigenvalue weighted by molar-refractivity contribution is -0.154. The number of anilines is 3. The monoisotopic (exact) mass is 732 g/mol. The molecule has 1 atom stereocenters. The van der Waals surface area contributed by atoms with E-state index in [-0.39, 0.29) is 17.5 Å². The van der Waals surface area contributed by atoms with Crippen molar-refractivity contribution < 1.29 is 42.2 Å². The average molecular weight is 733 g/mol. The smallest absolute Gasteiger partial charge is 0.422 e. The fourth-order valence-electron chi connectivity index (χ4n) is 5.53. The Labute approximate surface area is 295 Å². The maximum atomic E-state index is 12.9. The van der Waals surface area contributed by atoms with Gasteiger partial charge < -0.3 is 36.4 Å². The number of ether oxygens (including phenoxy) is 1. The maximum Gasteiger partial charge on any atom is 0.422 e.